The zero-order valence-electron chi connectivity index (χ0n) is 17.6. The summed E-state index contributed by atoms with van der Waals surface area (Å²) in [7, 11) is -0.246. The first-order chi connectivity index (χ1) is 13.8. The Labute approximate surface area is 174 Å². The third kappa shape index (κ3) is 5.02. The maximum Gasteiger partial charge on any atom is 0.322 e. The van der Waals surface area contributed by atoms with Crippen molar-refractivity contribution in [2.45, 2.75) is 45.1 Å². The molecule has 0 atom stereocenters. The van der Waals surface area contributed by atoms with Crippen LogP contribution in [0.5, 0.6) is 5.75 Å². The smallest absolute Gasteiger partial charge is 0.322 e. The first kappa shape index (κ1) is 21.9. The van der Waals surface area contributed by atoms with E-state index in [0.717, 1.165) is 31.2 Å². The van der Waals surface area contributed by atoms with E-state index in [-0.39, 0.29) is 12.1 Å². The fraction of sp³-hybridized carbons (Fsp3) is 0.650. The van der Waals surface area contributed by atoms with E-state index in [1.165, 1.54) is 10.7 Å². The number of anilines is 1. The molecule has 1 saturated heterocycles. The first-order valence-corrected chi connectivity index (χ1v) is 11.7. The van der Waals surface area contributed by atoms with Crippen LogP contribution in [0.3, 0.4) is 0 Å². The Balaban J connectivity index is 1.58. The molecule has 9 heteroatoms. The average molecular weight is 425 g/mol. The summed E-state index contributed by atoms with van der Waals surface area (Å²) in [5.74, 6) is 0.597. The lowest BCUT2D eigenvalue weighted by atomic mass is 9.96. The summed E-state index contributed by atoms with van der Waals surface area (Å²) in [4.78, 5) is 14.3. The van der Waals surface area contributed by atoms with Crippen molar-refractivity contribution in [3.8, 4) is 5.75 Å². The highest BCUT2D eigenvalue weighted by atomic mass is 32.2. The van der Waals surface area contributed by atoms with Crippen molar-refractivity contribution in [1.29, 1.82) is 0 Å². The van der Waals surface area contributed by atoms with Gasteiger partial charge in [0.05, 0.1) is 12.8 Å². The van der Waals surface area contributed by atoms with Crippen LogP contribution in [0, 0.1) is 6.92 Å². The number of carbonyl (C=O) groups excluding carboxylic acids is 1. The van der Waals surface area contributed by atoms with Crippen molar-refractivity contribution in [3.63, 3.8) is 0 Å². The largest absolute Gasteiger partial charge is 0.495 e. The molecule has 1 aromatic carbocycles. The van der Waals surface area contributed by atoms with E-state index in [1.54, 1.807) is 23.4 Å². The minimum absolute atomic E-state index is 0.0869. The number of methoxy groups -OCH3 is 1. The second-order valence-electron chi connectivity index (χ2n) is 7.84. The summed E-state index contributed by atoms with van der Waals surface area (Å²) < 4.78 is 34.3. The number of ether oxygens (including phenoxy) is 1. The van der Waals surface area contributed by atoms with Gasteiger partial charge in [-0.25, -0.2) is 4.79 Å². The summed E-state index contributed by atoms with van der Waals surface area (Å²) in [6.07, 6.45) is 5.21. The Morgan fingerprint density at radius 3 is 2.41 bits per heavy atom. The van der Waals surface area contributed by atoms with Gasteiger partial charge in [0.25, 0.3) is 10.2 Å². The molecular weight excluding hydrogens is 392 g/mol. The van der Waals surface area contributed by atoms with Gasteiger partial charge < -0.3 is 15.0 Å². The van der Waals surface area contributed by atoms with E-state index in [2.05, 4.69) is 5.32 Å². The number of nitrogens with one attached hydrogen (secondary N) is 1. The van der Waals surface area contributed by atoms with E-state index in [1.807, 2.05) is 25.1 Å². The van der Waals surface area contributed by atoms with Gasteiger partial charge in [0.15, 0.2) is 0 Å². The molecule has 0 spiro atoms. The molecule has 0 aromatic heterocycles. The van der Waals surface area contributed by atoms with E-state index in [0.29, 0.717) is 37.6 Å². The lowest BCUT2D eigenvalue weighted by Crippen LogP contribution is -2.55. The van der Waals surface area contributed by atoms with Crippen LogP contribution in [-0.4, -0.2) is 74.3 Å². The van der Waals surface area contributed by atoms with Gasteiger partial charge >= 0.3 is 6.03 Å². The molecule has 3 rings (SSSR count). The van der Waals surface area contributed by atoms with E-state index < -0.39 is 10.2 Å². The highest BCUT2D eigenvalue weighted by Gasteiger charge is 2.35. The van der Waals surface area contributed by atoms with Crippen LogP contribution in [-0.2, 0) is 10.2 Å². The maximum atomic E-state index is 13.0. The standard InChI is InChI=1S/C20H32N4O4S/c1-16-9-10-19(28-3)18(15-16)21-20(25)23-11-13-24(14-12-23)29(26,27)22(2)17-7-5-4-6-8-17/h9-10,15,17H,4-8,11-14H2,1-3H3,(H,21,25). The average Bonchev–Trinajstić information content (AvgIpc) is 2.74. The lowest BCUT2D eigenvalue weighted by molar-refractivity contribution is 0.177. The number of benzene rings is 1. The Morgan fingerprint density at radius 2 is 1.79 bits per heavy atom. The van der Waals surface area contributed by atoms with Crippen molar-refractivity contribution in [2.75, 3.05) is 45.7 Å². The maximum absolute atomic E-state index is 13.0. The molecule has 2 amide bonds. The van der Waals surface area contributed by atoms with Crippen molar-refractivity contribution in [2.24, 2.45) is 0 Å². The number of amides is 2. The van der Waals surface area contributed by atoms with Crippen LogP contribution in [0.15, 0.2) is 18.2 Å². The molecule has 1 aliphatic heterocycles. The number of hydrogen-bond acceptors (Lipinski definition) is 4. The molecule has 0 radical (unpaired) electrons. The molecule has 2 fully saturated rings. The quantitative estimate of drug-likeness (QED) is 0.788. The van der Waals surface area contributed by atoms with Crippen molar-refractivity contribution in [1.82, 2.24) is 13.5 Å². The van der Waals surface area contributed by atoms with Crippen molar-refractivity contribution >= 4 is 21.9 Å². The lowest BCUT2D eigenvalue weighted by Gasteiger charge is -2.38. The molecule has 8 nitrogen and oxygen atoms in total. The Morgan fingerprint density at radius 1 is 1.14 bits per heavy atom. The second-order valence-corrected chi connectivity index (χ2v) is 9.82. The minimum Gasteiger partial charge on any atom is -0.495 e. The summed E-state index contributed by atoms with van der Waals surface area (Å²) in [5, 5.41) is 2.88. The Bertz CT molecular complexity index is 816. The van der Waals surface area contributed by atoms with Gasteiger partial charge in [0.2, 0.25) is 0 Å². The number of piperazine rings is 1. The molecule has 0 unspecified atom stereocenters. The van der Waals surface area contributed by atoms with Crippen molar-refractivity contribution < 1.29 is 17.9 Å². The normalized spacial score (nSPS) is 19.4. The third-order valence-corrected chi connectivity index (χ3v) is 7.95. The minimum atomic E-state index is -3.50. The highest BCUT2D eigenvalue weighted by molar-refractivity contribution is 7.86. The molecule has 29 heavy (non-hydrogen) atoms. The number of nitrogens with zero attached hydrogens (tertiary/aromatic N) is 3. The highest BCUT2D eigenvalue weighted by Crippen LogP contribution is 2.27. The molecule has 1 N–H and O–H groups in total. The number of carbonyl (C=O) groups is 1. The van der Waals surface area contributed by atoms with Crippen LogP contribution < -0.4 is 10.1 Å². The van der Waals surface area contributed by atoms with Gasteiger partial charge in [-0.1, -0.05) is 25.3 Å². The number of hydrogen-bond donors (Lipinski definition) is 1. The zero-order chi connectivity index (χ0) is 21.0. The van der Waals surface area contributed by atoms with Gasteiger partial charge in [-0.3, -0.25) is 0 Å². The summed E-state index contributed by atoms with van der Waals surface area (Å²) >= 11 is 0. The molecule has 162 valence electrons. The van der Waals surface area contributed by atoms with Gasteiger partial charge in [-0.05, 0) is 37.5 Å². The predicted octanol–water partition coefficient (Wildman–Crippen LogP) is 2.66. The van der Waals surface area contributed by atoms with Crippen LogP contribution >= 0.6 is 0 Å². The SMILES string of the molecule is COc1ccc(C)cc1NC(=O)N1CCN(S(=O)(=O)N(C)C2CCCCC2)CC1. The van der Waals surface area contributed by atoms with E-state index in [9.17, 15) is 13.2 Å². The van der Waals surface area contributed by atoms with E-state index >= 15 is 0 Å². The van der Waals surface area contributed by atoms with Gasteiger partial charge in [-0.15, -0.1) is 0 Å². The van der Waals surface area contributed by atoms with Crippen LogP contribution in [0.4, 0.5) is 10.5 Å². The van der Waals surface area contributed by atoms with Gasteiger partial charge in [0, 0.05) is 39.3 Å². The summed E-state index contributed by atoms with van der Waals surface area (Å²) in [6, 6.07) is 5.43. The first-order valence-electron chi connectivity index (χ1n) is 10.3. The van der Waals surface area contributed by atoms with Crippen LogP contribution in [0.2, 0.25) is 0 Å². The van der Waals surface area contributed by atoms with Crippen molar-refractivity contribution in [3.05, 3.63) is 23.8 Å². The van der Waals surface area contributed by atoms with Gasteiger partial charge in [-0.2, -0.15) is 17.0 Å². The fourth-order valence-corrected chi connectivity index (χ4v) is 5.63. The number of aryl methyl sites for hydroxylation is 1. The van der Waals surface area contributed by atoms with Gasteiger partial charge in [0.1, 0.15) is 5.75 Å². The fourth-order valence-electron chi connectivity index (χ4n) is 4.05. The second kappa shape index (κ2) is 9.32. The number of rotatable bonds is 5. The van der Waals surface area contributed by atoms with Crippen LogP contribution in [0.25, 0.3) is 0 Å². The molecular formula is C20H32N4O4S. The topological polar surface area (TPSA) is 82.2 Å². The molecule has 1 heterocycles. The molecule has 1 saturated carbocycles. The predicted molar refractivity (Wildman–Crippen MR) is 113 cm³/mol. The van der Waals surface area contributed by atoms with Crippen LogP contribution in [0.1, 0.15) is 37.7 Å². The van der Waals surface area contributed by atoms with E-state index in [4.69, 9.17) is 4.74 Å². The monoisotopic (exact) mass is 424 g/mol. The molecule has 1 aliphatic carbocycles. The molecule has 1 aromatic rings. The Kier molecular flexibility index (Phi) is 7.02. The molecule has 0 bridgehead atoms. The molecule has 2 aliphatic rings. The zero-order valence-corrected chi connectivity index (χ0v) is 18.4. The third-order valence-electron chi connectivity index (χ3n) is 5.90. The summed E-state index contributed by atoms with van der Waals surface area (Å²) in [5.41, 5.74) is 1.63. The number of urea groups is 1. The Hall–Kier alpha value is -1.84. The summed E-state index contributed by atoms with van der Waals surface area (Å²) in [6.45, 7) is 3.27.